The van der Waals surface area contributed by atoms with Gasteiger partial charge in [0.15, 0.2) is 0 Å². The highest BCUT2D eigenvalue weighted by Gasteiger charge is 2.38. The Hall–Kier alpha value is -2.00. The minimum Gasteiger partial charge on any atom is -0.495 e. The van der Waals surface area contributed by atoms with Crippen LogP contribution >= 0.6 is 11.6 Å². The lowest BCUT2D eigenvalue weighted by Gasteiger charge is -2.11. The van der Waals surface area contributed by atoms with Gasteiger partial charge < -0.3 is 20.9 Å². The first-order valence-electron chi connectivity index (χ1n) is 6.17. The van der Waals surface area contributed by atoms with Crippen molar-refractivity contribution >= 4 is 29.2 Å². The molecule has 1 aromatic carbocycles. The SMILES string of the molecule is COc1cc(Cl)c(C)cc1NC(=O)CCN.O=C(O)C(F)(F)F. The average molecular weight is 357 g/mol. The second-order valence-corrected chi connectivity index (χ2v) is 4.60. The molecule has 130 valence electrons. The van der Waals surface area contributed by atoms with Crippen molar-refractivity contribution in [2.24, 2.45) is 5.73 Å². The maximum absolute atomic E-state index is 11.4. The monoisotopic (exact) mass is 356 g/mol. The minimum atomic E-state index is -5.08. The summed E-state index contributed by atoms with van der Waals surface area (Å²) in [7, 11) is 1.53. The molecule has 10 heteroatoms. The summed E-state index contributed by atoms with van der Waals surface area (Å²) in [4.78, 5) is 20.3. The number of aliphatic carboxylic acids is 1. The number of ether oxygens (including phenoxy) is 1. The lowest BCUT2D eigenvalue weighted by atomic mass is 10.2. The maximum atomic E-state index is 11.4. The summed E-state index contributed by atoms with van der Waals surface area (Å²) in [5.41, 5.74) is 6.79. The van der Waals surface area contributed by atoms with E-state index in [1.54, 1.807) is 12.1 Å². The molecule has 0 fully saturated rings. The van der Waals surface area contributed by atoms with Gasteiger partial charge in [-0.25, -0.2) is 4.79 Å². The quantitative estimate of drug-likeness (QED) is 0.769. The molecular formula is C13H16ClF3N2O4. The van der Waals surface area contributed by atoms with Gasteiger partial charge in [0.1, 0.15) is 5.75 Å². The van der Waals surface area contributed by atoms with E-state index in [0.29, 0.717) is 23.0 Å². The van der Waals surface area contributed by atoms with Crippen LogP contribution in [0.1, 0.15) is 12.0 Å². The first-order valence-corrected chi connectivity index (χ1v) is 6.54. The molecule has 1 amide bonds. The maximum Gasteiger partial charge on any atom is 0.490 e. The van der Waals surface area contributed by atoms with Crippen LogP contribution in [0.15, 0.2) is 12.1 Å². The average Bonchev–Trinajstić information content (AvgIpc) is 2.42. The van der Waals surface area contributed by atoms with Crippen LogP contribution in [0.25, 0.3) is 0 Å². The smallest absolute Gasteiger partial charge is 0.490 e. The van der Waals surface area contributed by atoms with Crippen LogP contribution < -0.4 is 15.8 Å². The highest BCUT2D eigenvalue weighted by atomic mass is 35.5. The summed E-state index contributed by atoms with van der Waals surface area (Å²) in [6.45, 7) is 2.18. The second-order valence-electron chi connectivity index (χ2n) is 4.19. The zero-order valence-corrected chi connectivity index (χ0v) is 13.1. The van der Waals surface area contributed by atoms with Crippen LogP contribution in [0.4, 0.5) is 18.9 Å². The van der Waals surface area contributed by atoms with E-state index in [1.807, 2.05) is 6.92 Å². The fraction of sp³-hybridized carbons (Fsp3) is 0.385. The molecule has 0 heterocycles. The minimum absolute atomic E-state index is 0.137. The number of carboxylic acids is 1. The number of methoxy groups -OCH3 is 1. The van der Waals surface area contributed by atoms with Crippen LogP contribution in [0.5, 0.6) is 5.75 Å². The van der Waals surface area contributed by atoms with Gasteiger partial charge in [0.05, 0.1) is 12.8 Å². The normalized spacial score (nSPS) is 10.4. The molecule has 0 saturated carbocycles. The predicted octanol–water partition coefficient (Wildman–Crippen LogP) is 2.58. The molecule has 0 atom stereocenters. The van der Waals surface area contributed by atoms with Gasteiger partial charge in [-0.2, -0.15) is 13.2 Å². The fourth-order valence-corrected chi connectivity index (χ4v) is 1.43. The molecule has 0 saturated heterocycles. The number of carboxylic acid groups (broad SMARTS) is 1. The van der Waals surface area contributed by atoms with Gasteiger partial charge in [0, 0.05) is 24.1 Å². The van der Waals surface area contributed by atoms with Gasteiger partial charge in [-0.1, -0.05) is 11.6 Å². The van der Waals surface area contributed by atoms with Gasteiger partial charge in [-0.3, -0.25) is 4.79 Å². The first-order chi connectivity index (χ1) is 10.5. The molecular weight excluding hydrogens is 341 g/mol. The van der Waals surface area contributed by atoms with E-state index in [9.17, 15) is 18.0 Å². The van der Waals surface area contributed by atoms with Crippen LogP contribution in [0, 0.1) is 6.92 Å². The number of aryl methyl sites for hydroxylation is 1. The molecule has 0 aromatic heterocycles. The number of alkyl halides is 3. The van der Waals surface area contributed by atoms with E-state index in [0.717, 1.165) is 5.56 Å². The molecule has 1 rings (SSSR count). The molecule has 1 aromatic rings. The van der Waals surface area contributed by atoms with E-state index < -0.39 is 12.1 Å². The molecule has 6 nitrogen and oxygen atoms in total. The third-order valence-electron chi connectivity index (χ3n) is 2.37. The highest BCUT2D eigenvalue weighted by molar-refractivity contribution is 6.31. The van der Waals surface area contributed by atoms with Crippen molar-refractivity contribution in [2.75, 3.05) is 19.0 Å². The molecule has 0 spiro atoms. The first kappa shape index (κ1) is 21.0. The number of carbonyl (C=O) groups excluding carboxylic acids is 1. The summed E-state index contributed by atoms with van der Waals surface area (Å²) in [5.74, 6) is -2.35. The number of anilines is 1. The molecule has 0 radical (unpaired) electrons. The van der Waals surface area contributed by atoms with E-state index >= 15 is 0 Å². The Kier molecular flexibility index (Phi) is 8.41. The molecule has 4 N–H and O–H groups in total. The fourth-order valence-electron chi connectivity index (χ4n) is 1.27. The Bertz CT molecular complexity index is 565. The highest BCUT2D eigenvalue weighted by Crippen LogP contribution is 2.30. The number of benzene rings is 1. The standard InChI is InChI=1S/C11H15ClN2O2.C2HF3O2/c1-7-5-9(14-11(15)3-4-13)10(16-2)6-8(7)12;3-2(4,5)1(6)7/h5-6H,3-4,13H2,1-2H3,(H,14,15);(H,6,7). The van der Waals surface area contributed by atoms with Gasteiger partial charge in [0.2, 0.25) is 5.91 Å². The number of halogens is 4. The number of hydrogen-bond acceptors (Lipinski definition) is 4. The van der Waals surface area contributed by atoms with Crippen molar-refractivity contribution in [3.05, 3.63) is 22.7 Å². The van der Waals surface area contributed by atoms with Crippen molar-refractivity contribution in [1.82, 2.24) is 0 Å². The van der Waals surface area contributed by atoms with E-state index in [-0.39, 0.29) is 12.3 Å². The van der Waals surface area contributed by atoms with Crippen LogP contribution in [0.2, 0.25) is 5.02 Å². The molecule has 0 bridgehead atoms. The van der Waals surface area contributed by atoms with Crippen LogP contribution in [0.3, 0.4) is 0 Å². The van der Waals surface area contributed by atoms with Crippen molar-refractivity contribution in [1.29, 1.82) is 0 Å². The van der Waals surface area contributed by atoms with E-state index in [1.165, 1.54) is 7.11 Å². The summed E-state index contributed by atoms with van der Waals surface area (Å²) >= 11 is 5.95. The lowest BCUT2D eigenvalue weighted by molar-refractivity contribution is -0.192. The zero-order valence-electron chi connectivity index (χ0n) is 12.3. The van der Waals surface area contributed by atoms with Crippen molar-refractivity contribution < 1.29 is 32.6 Å². The summed E-state index contributed by atoms with van der Waals surface area (Å²) < 4.78 is 36.9. The zero-order chi connectivity index (χ0) is 18.2. The van der Waals surface area contributed by atoms with Crippen molar-refractivity contribution in [2.45, 2.75) is 19.5 Å². The lowest BCUT2D eigenvalue weighted by Crippen LogP contribution is -2.21. The van der Waals surface area contributed by atoms with E-state index in [4.69, 9.17) is 32.0 Å². The third-order valence-corrected chi connectivity index (χ3v) is 2.78. The molecule has 23 heavy (non-hydrogen) atoms. The van der Waals surface area contributed by atoms with Gasteiger partial charge in [-0.15, -0.1) is 0 Å². The van der Waals surface area contributed by atoms with Crippen molar-refractivity contribution in [3.63, 3.8) is 0 Å². The Morgan fingerprint density at radius 2 is 1.91 bits per heavy atom. The van der Waals surface area contributed by atoms with Gasteiger partial charge >= 0.3 is 12.1 Å². The van der Waals surface area contributed by atoms with Crippen LogP contribution in [-0.4, -0.2) is 36.8 Å². The third kappa shape index (κ3) is 7.71. The van der Waals surface area contributed by atoms with Gasteiger partial charge in [-0.05, 0) is 18.6 Å². The predicted molar refractivity (Wildman–Crippen MR) is 78.7 cm³/mol. The summed E-state index contributed by atoms with van der Waals surface area (Å²) in [5, 5.41) is 10.5. The topological polar surface area (TPSA) is 102 Å². The Labute approximate surface area is 135 Å². The van der Waals surface area contributed by atoms with E-state index in [2.05, 4.69) is 5.32 Å². The Balaban J connectivity index is 0.000000585. The summed E-state index contributed by atoms with van der Waals surface area (Å²) in [6, 6.07) is 3.45. The number of rotatable bonds is 4. The molecule has 0 unspecified atom stereocenters. The number of amides is 1. The summed E-state index contributed by atoms with van der Waals surface area (Å²) in [6.07, 6.45) is -4.80. The molecule has 0 aliphatic heterocycles. The van der Waals surface area contributed by atoms with Crippen LogP contribution in [-0.2, 0) is 9.59 Å². The number of nitrogens with two attached hydrogens (primary N) is 1. The number of nitrogens with one attached hydrogen (secondary N) is 1. The van der Waals surface area contributed by atoms with Crippen molar-refractivity contribution in [3.8, 4) is 5.75 Å². The number of hydrogen-bond donors (Lipinski definition) is 3. The largest absolute Gasteiger partial charge is 0.495 e. The second kappa shape index (κ2) is 9.21. The van der Waals surface area contributed by atoms with Gasteiger partial charge in [0.25, 0.3) is 0 Å². The molecule has 0 aliphatic rings. The Morgan fingerprint density at radius 1 is 1.39 bits per heavy atom. The number of carbonyl (C=O) groups is 2. The Morgan fingerprint density at radius 3 is 2.30 bits per heavy atom. The molecule has 0 aliphatic carbocycles.